The second-order valence-electron chi connectivity index (χ2n) is 4.18. The van der Waals surface area contributed by atoms with E-state index in [1.165, 1.54) is 7.11 Å². The summed E-state index contributed by atoms with van der Waals surface area (Å²) in [6.07, 6.45) is 0.0834. The molecule has 1 aromatic carbocycles. The zero-order valence-corrected chi connectivity index (χ0v) is 10.9. The second-order valence-corrected chi connectivity index (χ2v) is 4.18. The molecule has 2 N–H and O–H groups in total. The molecule has 6 heteroatoms. The highest BCUT2D eigenvalue weighted by Crippen LogP contribution is 2.09. The van der Waals surface area contributed by atoms with Crippen LogP contribution in [0.4, 0.5) is 0 Å². The Kier molecular flexibility index (Phi) is 4.14. The highest BCUT2D eigenvalue weighted by atomic mass is 16.5. The smallest absolute Gasteiger partial charge is 0.307 e. The monoisotopic (exact) mass is 274 g/mol. The third-order valence-corrected chi connectivity index (χ3v) is 2.84. The van der Waals surface area contributed by atoms with E-state index in [0.717, 1.165) is 0 Å². The maximum atomic E-state index is 11.9. The van der Waals surface area contributed by atoms with Crippen LogP contribution >= 0.6 is 0 Å². The molecule has 0 fully saturated rings. The summed E-state index contributed by atoms with van der Waals surface area (Å²) in [5.41, 5.74) is -0.153. The first-order valence-electron chi connectivity index (χ1n) is 6.09. The number of carbonyl (C=O) groups excluding carboxylic acids is 2. The molecule has 1 amide bonds. The van der Waals surface area contributed by atoms with Crippen molar-refractivity contribution in [1.29, 1.82) is 0 Å². The van der Waals surface area contributed by atoms with Crippen molar-refractivity contribution in [2.75, 3.05) is 13.7 Å². The average molecular weight is 274 g/mol. The Labute approximate surface area is 114 Å². The predicted octanol–water partition coefficient (Wildman–Crippen LogP) is 0.821. The van der Waals surface area contributed by atoms with Gasteiger partial charge >= 0.3 is 5.97 Å². The van der Waals surface area contributed by atoms with E-state index in [-0.39, 0.29) is 24.2 Å². The van der Waals surface area contributed by atoms with Crippen LogP contribution in [0.2, 0.25) is 0 Å². The van der Waals surface area contributed by atoms with E-state index in [1.54, 1.807) is 30.3 Å². The molecule has 0 aliphatic carbocycles. The number of fused-ring (bicyclic) bond motifs is 1. The molecule has 0 unspecified atom stereocenters. The van der Waals surface area contributed by atoms with E-state index in [2.05, 4.69) is 15.0 Å². The lowest BCUT2D eigenvalue weighted by molar-refractivity contribution is -0.140. The molecule has 0 radical (unpaired) electrons. The Morgan fingerprint density at radius 2 is 2.05 bits per heavy atom. The van der Waals surface area contributed by atoms with Gasteiger partial charge in [-0.1, -0.05) is 18.2 Å². The van der Waals surface area contributed by atoms with Gasteiger partial charge in [-0.05, 0) is 17.5 Å². The molecule has 0 aliphatic heterocycles. The molecule has 0 atom stereocenters. The highest BCUT2D eigenvalue weighted by Gasteiger charge is 2.09. The number of pyridine rings is 1. The standard InChI is InChI=1S/C14H14N2O4/c1-20-12(17)6-7-15-14(19)11-8-9-4-2-3-5-10(9)13(18)16-11/h2-5,8H,6-7H2,1H3,(H,15,19)(H,16,18). The summed E-state index contributed by atoms with van der Waals surface area (Å²) in [7, 11) is 1.28. The van der Waals surface area contributed by atoms with Crippen LogP contribution in [0.5, 0.6) is 0 Å². The number of hydrogen-bond acceptors (Lipinski definition) is 4. The van der Waals surface area contributed by atoms with Crippen LogP contribution in [0.25, 0.3) is 10.8 Å². The van der Waals surface area contributed by atoms with Crippen LogP contribution in [0.1, 0.15) is 16.9 Å². The summed E-state index contributed by atoms with van der Waals surface area (Å²) >= 11 is 0. The van der Waals surface area contributed by atoms with Gasteiger partial charge in [0.1, 0.15) is 5.69 Å². The third-order valence-electron chi connectivity index (χ3n) is 2.84. The van der Waals surface area contributed by atoms with E-state index in [4.69, 9.17) is 0 Å². The molecule has 104 valence electrons. The van der Waals surface area contributed by atoms with Gasteiger partial charge in [-0.2, -0.15) is 0 Å². The van der Waals surface area contributed by atoms with Gasteiger partial charge in [-0.3, -0.25) is 14.4 Å². The normalized spacial score (nSPS) is 10.2. The first-order chi connectivity index (χ1) is 9.61. The van der Waals surface area contributed by atoms with Gasteiger partial charge in [0.15, 0.2) is 0 Å². The number of carbonyl (C=O) groups is 2. The van der Waals surface area contributed by atoms with Gasteiger partial charge in [0, 0.05) is 11.9 Å². The van der Waals surface area contributed by atoms with Gasteiger partial charge in [0.2, 0.25) is 0 Å². The van der Waals surface area contributed by atoms with Crippen molar-refractivity contribution in [2.45, 2.75) is 6.42 Å². The highest BCUT2D eigenvalue weighted by molar-refractivity contribution is 5.96. The van der Waals surface area contributed by atoms with Gasteiger partial charge in [0.05, 0.1) is 13.5 Å². The van der Waals surface area contributed by atoms with Gasteiger partial charge in [0.25, 0.3) is 11.5 Å². The van der Waals surface area contributed by atoms with Crippen LogP contribution in [0, 0.1) is 0 Å². The number of ether oxygens (including phenoxy) is 1. The summed E-state index contributed by atoms with van der Waals surface area (Å²) in [5.74, 6) is -0.839. The number of benzene rings is 1. The van der Waals surface area contributed by atoms with Gasteiger partial charge < -0.3 is 15.0 Å². The second kappa shape index (κ2) is 6.01. The number of aromatic nitrogens is 1. The lowest BCUT2D eigenvalue weighted by Crippen LogP contribution is -2.28. The van der Waals surface area contributed by atoms with E-state index in [0.29, 0.717) is 10.8 Å². The van der Waals surface area contributed by atoms with Gasteiger partial charge in [-0.25, -0.2) is 0 Å². The number of H-pyrrole nitrogens is 1. The Hall–Kier alpha value is -2.63. The van der Waals surface area contributed by atoms with Crippen LogP contribution in [-0.2, 0) is 9.53 Å². The topological polar surface area (TPSA) is 88.3 Å². The van der Waals surface area contributed by atoms with Crippen molar-refractivity contribution in [3.05, 3.63) is 46.4 Å². The first kappa shape index (κ1) is 13.8. The van der Waals surface area contributed by atoms with E-state index in [1.807, 2.05) is 0 Å². The number of nitrogens with one attached hydrogen (secondary N) is 2. The van der Waals surface area contributed by atoms with Crippen molar-refractivity contribution in [1.82, 2.24) is 10.3 Å². The molecule has 0 aliphatic rings. The number of esters is 1. The third kappa shape index (κ3) is 3.03. The fourth-order valence-electron chi connectivity index (χ4n) is 1.81. The molecule has 0 saturated heterocycles. The number of methoxy groups -OCH3 is 1. The van der Waals surface area contributed by atoms with E-state index >= 15 is 0 Å². The Morgan fingerprint density at radius 1 is 1.30 bits per heavy atom. The zero-order chi connectivity index (χ0) is 14.5. The number of amides is 1. The molecular formula is C14H14N2O4. The molecule has 1 heterocycles. The fourth-order valence-corrected chi connectivity index (χ4v) is 1.81. The largest absolute Gasteiger partial charge is 0.469 e. The summed E-state index contributed by atoms with van der Waals surface area (Å²) in [4.78, 5) is 37.1. The summed E-state index contributed by atoms with van der Waals surface area (Å²) < 4.78 is 4.47. The molecule has 2 rings (SSSR count). The molecule has 1 aromatic heterocycles. The predicted molar refractivity (Wildman–Crippen MR) is 73.5 cm³/mol. The average Bonchev–Trinajstić information content (AvgIpc) is 2.46. The molecule has 2 aromatic rings. The molecule has 6 nitrogen and oxygen atoms in total. The molecular weight excluding hydrogens is 260 g/mol. The SMILES string of the molecule is COC(=O)CCNC(=O)c1cc2ccccc2c(=O)[nH]1. The van der Waals surface area contributed by atoms with E-state index < -0.39 is 11.9 Å². The lowest BCUT2D eigenvalue weighted by Gasteiger charge is -2.05. The molecule has 0 bridgehead atoms. The Bertz CT molecular complexity index is 706. The van der Waals surface area contributed by atoms with Crippen molar-refractivity contribution in [2.24, 2.45) is 0 Å². The summed E-state index contributed by atoms with van der Waals surface area (Å²) in [6, 6.07) is 8.60. The maximum Gasteiger partial charge on any atom is 0.307 e. The summed E-state index contributed by atoms with van der Waals surface area (Å²) in [5, 5.41) is 3.76. The molecule has 0 saturated carbocycles. The van der Waals surface area contributed by atoms with Crippen LogP contribution in [0.3, 0.4) is 0 Å². The fraction of sp³-hybridized carbons (Fsp3) is 0.214. The molecule has 0 spiro atoms. The lowest BCUT2D eigenvalue weighted by atomic mass is 10.1. The summed E-state index contributed by atoms with van der Waals surface area (Å²) in [6.45, 7) is 0.153. The van der Waals surface area contributed by atoms with Crippen molar-refractivity contribution < 1.29 is 14.3 Å². The minimum absolute atomic E-state index is 0.0834. The van der Waals surface area contributed by atoms with Crippen LogP contribution in [-0.4, -0.2) is 30.5 Å². The van der Waals surface area contributed by atoms with Crippen molar-refractivity contribution >= 4 is 22.6 Å². The quantitative estimate of drug-likeness (QED) is 0.808. The molecule has 20 heavy (non-hydrogen) atoms. The Morgan fingerprint density at radius 3 is 2.80 bits per heavy atom. The zero-order valence-electron chi connectivity index (χ0n) is 10.9. The first-order valence-corrected chi connectivity index (χ1v) is 6.09. The Balaban J connectivity index is 2.14. The van der Waals surface area contributed by atoms with Crippen molar-refractivity contribution in [3.63, 3.8) is 0 Å². The van der Waals surface area contributed by atoms with E-state index in [9.17, 15) is 14.4 Å². The maximum absolute atomic E-state index is 11.9. The van der Waals surface area contributed by atoms with Gasteiger partial charge in [-0.15, -0.1) is 0 Å². The number of hydrogen-bond donors (Lipinski definition) is 2. The van der Waals surface area contributed by atoms with Crippen LogP contribution < -0.4 is 10.9 Å². The minimum atomic E-state index is -0.434. The number of rotatable bonds is 4. The van der Waals surface area contributed by atoms with Crippen molar-refractivity contribution in [3.8, 4) is 0 Å². The minimum Gasteiger partial charge on any atom is -0.469 e. The van der Waals surface area contributed by atoms with Crippen LogP contribution in [0.15, 0.2) is 35.1 Å². The number of aromatic amines is 1.